The average Bonchev–Trinajstić information content (AvgIpc) is 2.49. The maximum atomic E-state index is 12.4. The fraction of sp³-hybridized carbons (Fsp3) is 0.550. The van der Waals surface area contributed by atoms with E-state index >= 15 is 0 Å². The number of esters is 1. The van der Waals surface area contributed by atoms with E-state index in [0.29, 0.717) is 5.03 Å². The van der Waals surface area contributed by atoms with E-state index in [1.165, 1.54) is 7.11 Å². The molecule has 136 valence electrons. The van der Waals surface area contributed by atoms with Crippen LogP contribution in [0.25, 0.3) is 0 Å². The normalized spacial score (nSPS) is 16.7. The summed E-state index contributed by atoms with van der Waals surface area (Å²) in [5, 5.41) is 0.696. The number of carbonyl (C=O) groups is 1. The molecule has 0 aromatic rings. The van der Waals surface area contributed by atoms with Gasteiger partial charge in [0.25, 0.3) is 0 Å². The van der Waals surface area contributed by atoms with E-state index in [1.54, 1.807) is 0 Å². The molecule has 0 saturated heterocycles. The smallest absolute Gasteiger partial charge is 0.339 e. The van der Waals surface area contributed by atoms with Gasteiger partial charge >= 0.3 is 5.97 Å². The van der Waals surface area contributed by atoms with Crippen LogP contribution < -0.4 is 0 Å². The maximum Gasteiger partial charge on any atom is 0.339 e. The van der Waals surface area contributed by atoms with Crippen molar-refractivity contribution < 1.29 is 14.3 Å². The van der Waals surface area contributed by atoms with Gasteiger partial charge in [0.05, 0.1) is 12.7 Å². The highest BCUT2D eigenvalue weighted by Crippen LogP contribution is 2.29. The summed E-state index contributed by atoms with van der Waals surface area (Å²) in [5.74, 6) is -0.405. The van der Waals surface area contributed by atoms with Gasteiger partial charge in [-0.25, -0.2) is 4.79 Å². The zero-order chi connectivity index (χ0) is 19.1. The Morgan fingerprint density at radius 3 is 1.96 bits per heavy atom. The fourth-order valence-corrected chi connectivity index (χ4v) is 2.18. The summed E-state index contributed by atoms with van der Waals surface area (Å²) in [5.41, 5.74) is 3.31. The first kappa shape index (κ1) is 22.7. The molecule has 0 saturated carbocycles. The fourth-order valence-electron chi connectivity index (χ4n) is 2.12. The minimum Gasteiger partial charge on any atom is -0.467 e. The van der Waals surface area contributed by atoms with Crippen molar-refractivity contribution in [2.45, 2.75) is 67.1 Å². The highest BCUT2D eigenvalue weighted by Gasteiger charge is 2.31. The van der Waals surface area contributed by atoms with Crippen molar-refractivity contribution in [3.63, 3.8) is 0 Å². The maximum absolute atomic E-state index is 12.4. The molecule has 0 radical (unpaired) electrons. The largest absolute Gasteiger partial charge is 0.467 e. The summed E-state index contributed by atoms with van der Waals surface area (Å²) >= 11 is 5.91. The number of rotatable bonds is 6. The van der Waals surface area contributed by atoms with Crippen molar-refractivity contribution in [2.75, 3.05) is 7.11 Å². The molecule has 24 heavy (non-hydrogen) atoms. The molecule has 0 heterocycles. The molecule has 0 aromatic carbocycles. The first-order chi connectivity index (χ1) is 10.9. The molecule has 0 bridgehead atoms. The van der Waals surface area contributed by atoms with Gasteiger partial charge in [-0.15, -0.1) is 0 Å². The second-order valence-corrected chi connectivity index (χ2v) is 7.34. The number of hydrogen-bond acceptors (Lipinski definition) is 3. The Kier molecular flexibility index (Phi) is 9.31. The summed E-state index contributed by atoms with van der Waals surface area (Å²) in [6.45, 7) is 15.5. The lowest BCUT2D eigenvalue weighted by Crippen LogP contribution is -2.36. The van der Waals surface area contributed by atoms with Crippen LogP contribution in [-0.2, 0) is 14.3 Å². The van der Waals surface area contributed by atoms with E-state index in [2.05, 4.69) is 0 Å². The third-order valence-corrected chi connectivity index (χ3v) is 3.69. The van der Waals surface area contributed by atoms with Gasteiger partial charge in [0.2, 0.25) is 0 Å². The summed E-state index contributed by atoms with van der Waals surface area (Å²) in [6.07, 6.45) is 4.96. The van der Waals surface area contributed by atoms with Crippen LogP contribution in [0.4, 0.5) is 0 Å². The van der Waals surface area contributed by atoms with Gasteiger partial charge in [0, 0.05) is 5.03 Å². The summed E-state index contributed by atoms with van der Waals surface area (Å²) in [6, 6.07) is 0. The molecule has 4 heteroatoms. The molecular weight excluding hydrogens is 324 g/mol. The highest BCUT2D eigenvalue weighted by atomic mass is 35.5. The van der Waals surface area contributed by atoms with Gasteiger partial charge in [-0.05, 0) is 83.8 Å². The van der Waals surface area contributed by atoms with Gasteiger partial charge in [-0.2, -0.15) is 0 Å². The molecular formula is C20H31ClO3. The standard InChI is InChI=1S/C20H31ClO3/c1-10-13(2)17(16(5)14(3)11-12-15(4)21)18(19(22)23-9)24-20(6,7)8/h10-12,18H,1-9H3. The minimum atomic E-state index is -0.782. The second kappa shape index (κ2) is 9.85. The van der Waals surface area contributed by atoms with E-state index < -0.39 is 17.7 Å². The number of allylic oxidation sites excluding steroid dienone is 6. The Morgan fingerprint density at radius 2 is 1.58 bits per heavy atom. The van der Waals surface area contributed by atoms with E-state index in [1.807, 2.05) is 73.6 Å². The SMILES string of the molecule is CC=C(C)C(=C(C)C(C)=CC=C(C)Cl)C(OC(C)(C)C)C(=O)OC. The topological polar surface area (TPSA) is 35.5 Å². The predicted molar refractivity (Wildman–Crippen MR) is 102 cm³/mol. The van der Waals surface area contributed by atoms with Crippen LogP contribution in [0.15, 0.2) is 45.6 Å². The van der Waals surface area contributed by atoms with Crippen LogP contribution >= 0.6 is 11.6 Å². The van der Waals surface area contributed by atoms with Gasteiger partial charge in [-0.1, -0.05) is 23.8 Å². The van der Waals surface area contributed by atoms with E-state index in [9.17, 15) is 4.79 Å². The number of hydrogen-bond donors (Lipinski definition) is 0. The predicted octanol–water partition coefficient (Wildman–Crippen LogP) is 5.71. The zero-order valence-corrected chi connectivity index (χ0v) is 17.2. The molecule has 0 aromatic heterocycles. The molecule has 0 aliphatic rings. The molecule has 3 nitrogen and oxygen atoms in total. The van der Waals surface area contributed by atoms with Crippen molar-refractivity contribution >= 4 is 17.6 Å². The molecule has 0 fully saturated rings. The van der Waals surface area contributed by atoms with E-state index in [0.717, 1.165) is 22.3 Å². The van der Waals surface area contributed by atoms with Gasteiger partial charge < -0.3 is 9.47 Å². The number of methoxy groups -OCH3 is 1. The third kappa shape index (κ3) is 7.50. The molecule has 0 rings (SSSR count). The molecule has 0 spiro atoms. The average molecular weight is 355 g/mol. The van der Waals surface area contributed by atoms with E-state index in [-0.39, 0.29) is 0 Å². The van der Waals surface area contributed by atoms with Gasteiger partial charge in [0.1, 0.15) is 0 Å². The van der Waals surface area contributed by atoms with Gasteiger partial charge in [0.15, 0.2) is 6.10 Å². The number of ether oxygens (including phenoxy) is 2. The lowest BCUT2D eigenvalue weighted by atomic mass is 9.91. The Bertz CT molecular complexity index is 568. The molecule has 0 aliphatic heterocycles. The van der Waals surface area contributed by atoms with Crippen molar-refractivity contribution in [1.82, 2.24) is 0 Å². The van der Waals surface area contributed by atoms with Crippen LogP contribution in [0.5, 0.6) is 0 Å². The Labute approximate surface area is 152 Å². The lowest BCUT2D eigenvalue weighted by molar-refractivity contribution is -0.159. The van der Waals surface area contributed by atoms with Crippen LogP contribution in [0.1, 0.15) is 55.4 Å². The van der Waals surface area contributed by atoms with Crippen LogP contribution in [-0.4, -0.2) is 24.8 Å². The van der Waals surface area contributed by atoms with Crippen molar-refractivity contribution in [1.29, 1.82) is 0 Å². The molecule has 1 atom stereocenters. The lowest BCUT2D eigenvalue weighted by Gasteiger charge is -2.29. The monoisotopic (exact) mass is 354 g/mol. The van der Waals surface area contributed by atoms with Crippen molar-refractivity contribution in [3.05, 3.63) is 45.6 Å². The zero-order valence-electron chi connectivity index (χ0n) is 16.4. The van der Waals surface area contributed by atoms with E-state index in [4.69, 9.17) is 21.1 Å². The van der Waals surface area contributed by atoms with Crippen molar-refractivity contribution in [2.24, 2.45) is 0 Å². The minimum absolute atomic E-state index is 0.405. The quantitative estimate of drug-likeness (QED) is 0.452. The summed E-state index contributed by atoms with van der Waals surface area (Å²) in [7, 11) is 1.38. The Morgan fingerprint density at radius 1 is 1.04 bits per heavy atom. The number of carbonyl (C=O) groups excluding carboxylic acids is 1. The van der Waals surface area contributed by atoms with Crippen LogP contribution in [0, 0.1) is 0 Å². The highest BCUT2D eigenvalue weighted by molar-refractivity contribution is 6.29. The van der Waals surface area contributed by atoms with Crippen LogP contribution in [0.2, 0.25) is 0 Å². The molecule has 0 N–H and O–H groups in total. The molecule has 0 aliphatic carbocycles. The Hall–Kier alpha value is -1.32. The summed E-state index contributed by atoms with van der Waals surface area (Å²) in [4.78, 5) is 12.4. The van der Waals surface area contributed by atoms with Crippen LogP contribution in [0.3, 0.4) is 0 Å². The van der Waals surface area contributed by atoms with Crippen molar-refractivity contribution in [3.8, 4) is 0 Å². The molecule has 1 unspecified atom stereocenters. The second-order valence-electron chi connectivity index (χ2n) is 6.75. The molecule has 0 amide bonds. The third-order valence-electron chi connectivity index (χ3n) is 3.57. The summed E-state index contributed by atoms with van der Waals surface area (Å²) < 4.78 is 11.0. The first-order valence-electron chi connectivity index (χ1n) is 8.05. The Balaban J connectivity index is 6.31. The van der Waals surface area contributed by atoms with Gasteiger partial charge in [-0.3, -0.25) is 0 Å². The first-order valence-corrected chi connectivity index (χ1v) is 8.43. The number of halogens is 1.